The number of carbonyl (C=O) groups is 2. The van der Waals surface area contributed by atoms with Crippen LogP contribution in [0.2, 0.25) is 0 Å². The van der Waals surface area contributed by atoms with E-state index >= 15 is 0 Å². The van der Waals surface area contributed by atoms with E-state index < -0.39 is 5.97 Å². The van der Waals surface area contributed by atoms with Crippen molar-refractivity contribution in [2.75, 3.05) is 38.2 Å². The molecule has 0 radical (unpaired) electrons. The van der Waals surface area contributed by atoms with E-state index in [2.05, 4.69) is 24.5 Å². The van der Waals surface area contributed by atoms with Crippen LogP contribution >= 0.6 is 0 Å². The number of ether oxygens (including phenoxy) is 2. The van der Waals surface area contributed by atoms with E-state index in [0.29, 0.717) is 62.6 Å². The summed E-state index contributed by atoms with van der Waals surface area (Å²) < 4.78 is 11.2. The van der Waals surface area contributed by atoms with Gasteiger partial charge in [-0.15, -0.1) is 0 Å². The molecule has 29 heavy (non-hydrogen) atoms. The number of rotatable bonds is 15. The number of benzene rings is 1. The average Bonchev–Trinajstić information content (AvgIpc) is 2.63. The molecule has 3 N–H and O–H groups in total. The standard InChI is InChI=1S/C22H36N2O5/c1-16(2)6-5-9-29-20-14-18(22(26)27)13-19(15-20)23-7-10-28-11-8-24-21(25)12-17(3)4/h13-17,23H,5-12H2,1-4H3,(H,24,25)(H,26,27). The molecule has 0 aliphatic rings. The third-order valence-electron chi connectivity index (χ3n) is 4.09. The normalized spacial score (nSPS) is 11.0. The number of hydrogen-bond donors (Lipinski definition) is 3. The fourth-order valence-corrected chi connectivity index (χ4v) is 2.66. The van der Waals surface area contributed by atoms with E-state index in [-0.39, 0.29) is 11.5 Å². The second kappa shape index (κ2) is 13.8. The van der Waals surface area contributed by atoms with E-state index in [4.69, 9.17) is 9.47 Å². The molecule has 0 unspecified atom stereocenters. The molecule has 0 aliphatic heterocycles. The molecule has 1 amide bonds. The van der Waals surface area contributed by atoms with Crippen LogP contribution in [-0.4, -0.2) is 49.9 Å². The van der Waals surface area contributed by atoms with Gasteiger partial charge in [0.1, 0.15) is 5.75 Å². The van der Waals surface area contributed by atoms with Gasteiger partial charge in [-0.05, 0) is 36.8 Å². The molecule has 0 atom stereocenters. The number of amides is 1. The van der Waals surface area contributed by atoms with Crippen LogP contribution in [-0.2, 0) is 9.53 Å². The number of carbonyl (C=O) groups excluding carboxylic acids is 1. The first-order valence-corrected chi connectivity index (χ1v) is 10.4. The molecule has 0 aromatic heterocycles. The molecule has 164 valence electrons. The van der Waals surface area contributed by atoms with Crippen molar-refractivity contribution in [3.63, 3.8) is 0 Å². The summed E-state index contributed by atoms with van der Waals surface area (Å²) >= 11 is 0. The van der Waals surface area contributed by atoms with E-state index in [1.54, 1.807) is 18.2 Å². The molecule has 1 aromatic rings. The summed E-state index contributed by atoms with van der Waals surface area (Å²) in [5.41, 5.74) is 0.861. The van der Waals surface area contributed by atoms with Crippen molar-refractivity contribution in [2.24, 2.45) is 11.8 Å². The van der Waals surface area contributed by atoms with Crippen molar-refractivity contribution in [3.05, 3.63) is 23.8 Å². The van der Waals surface area contributed by atoms with Crippen molar-refractivity contribution < 1.29 is 24.2 Å². The molecule has 0 saturated carbocycles. The van der Waals surface area contributed by atoms with Crippen LogP contribution in [0.3, 0.4) is 0 Å². The Labute approximate surface area is 174 Å². The van der Waals surface area contributed by atoms with Gasteiger partial charge in [-0.1, -0.05) is 27.7 Å². The van der Waals surface area contributed by atoms with Gasteiger partial charge < -0.3 is 25.2 Å². The molecule has 0 fully saturated rings. The van der Waals surface area contributed by atoms with Gasteiger partial charge in [0.15, 0.2) is 0 Å². The van der Waals surface area contributed by atoms with Crippen LogP contribution in [0.5, 0.6) is 5.75 Å². The average molecular weight is 409 g/mol. The van der Waals surface area contributed by atoms with Gasteiger partial charge in [0.2, 0.25) is 5.91 Å². The van der Waals surface area contributed by atoms with Crippen LogP contribution in [0.1, 0.15) is 57.3 Å². The lowest BCUT2D eigenvalue weighted by Crippen LogP contribution is -2.28. The second-order valence-corrected chi connectivity index (χ2v) is 7.92. The highest BCUT2D eigenvalue weighted by atomic mass is 16.5. The number of nitrogens with one attached hydrogen (secondary N) is 2. The second-order valence-electron chi connectivity index (χ2n) is 7.92. The molecule has 0 saturated heterocycles. The summed E-state index contributed by atoms with van der Waals surface area (Å²) in [6.45, 7) is 10.8. The minimum atomic E-state index is -0.992. The monoisotopic (exact) mass is 408 g/mol. The SMILES string of the molecule is CC(C)CCCOc1cc(NCCOCCNC(=O)CC(C)C)cc(C(=O)O)c1. The van der Waals surface area contributed by atoms with Gasteiger partial charge in [-0.2, -0.15) is 0 Å². The van der Waals surface area contributed by atoms with Crippen LogP contribution in [0.25, 0.3) is 0 Å². The van der Waals surface area contributed by atoms with E-state index in [0.717, 1.165) is 12.8 Å². The van der Waals surface area contributed by atoms with Crippen molar-refractivity contribution in [3.8, 4) is 5.75 Å². The molecule has 0 aliphatic carbocycles. The highest BCUT2D eigenvalue weighted by Gasteiger charge is 2.08. The molecule has 0 bridgehead atoms. The fourth-order valence-electron chi connectivity index (χ4n) is 2.66. The number of anilines is 1. The lowest BCUT2D eigenvalue weighted by molar-refractivity contribution is -0.122. The molecule has 7 heteroatoms. The first-order chi connectivity index (χ1) is 13.8. The zero-order valence-corrected chi connectivity index (χ0v) is 18.1. The van der Waals surface area contributed by atoms with Gasteiger partial charge in [0.05, 0.1) is 25.4 Å². The van der Waals surface area contributed by atoms with Crippen LogP contribution < -0.4 is 15.4 Å². The van der Waals surface area contributed by atoms with Crippen molar-refractivity contribution in [1.82, 2.24) is 5.32 Å². The molecule has 7 nitrogen and oxygen atoms in total. The third-order valence-corrected chi connectivity index (χ3v) is 4.09. The number of carboxylic acid groups (broad SMARTS) is 1. The van der Waals surface area contributed by atoms with E-state index in [1.807, 2.05) is 13.8 Å². The maximum atomic E-state index is 11.5. The maximum Gasteiger partial charge on any atom is 0.335 e. The largest absolute Gasteiger partial charge is 0.493 e. The molecule has 0 heterocycles. The summed E-state index contributed by atoms with van der Waals surface area (Å²) in [5, 5.41) is 15.3. The number of carboxylic acids is 1. The summed E-state index contributed by atoms with van der Waals surface area (Å²) in [7, 11) is 0. The molecular formula is C22H36N2O5. The van der Waals surface area contributed by atoms with E-state index in [9.17, 15) is 14.7 Å². The van der Waals surface area contributed by atoms with Gasteiger partial charge >= 0.3 is 5.97 Å². The Morgan fingerprint density at radius 3 is 2.38 bits per heavy atom. The number of aromatic carboxylic acids is 1. The zero-order valence-electron chi connectivity index (χ0n) is 18.1. The zero-order chi connectivity index (χ0) is 21.6. The molecule has 0 spiro atoms. The number of hydrogen-bond acceptors (Lipinski definition) is 5. The van der Waals surface area contributed by atoms with Gasteiger partial charge in [-0.25, -0.2) is 4.79 Å². The topological polar surface area (TPSA) is 96.9 Å². The summed E-state index contributed by atoms with van der Waals surface area (Å²) in [5.74, 6) is 0.544. The summed E-state index contributed by atoms with van der Waals surface area (Å²) in [4.78, 5) is 22.9. The third kappa shape index (κ3) is 12.0. The minimum absolute atomic E-state index is 0.0353. The molecular weight excluding hydrogens is 372 g/mol. The summed E-state index contributed by atoms with van der Waals surface area (Å²) in [6.07, 6.45) is 2.52. The maximum absolute atomic E-state index is 11.5. The van der Waals surface area contributed by atoms with Crippen molar-refractivity contribution in [2.45, 2.75) is 47.0 Å². The van der Waals surface area contributed by atoms with Crippen molar-refractivity contribution in [1.29, 1.82) is 0 Å². The van der Waals surface area contributed by atoms with Crippen molar-refractivity contribution >= 4 is 17.6 Å². The van der Waals surface area contributed by atoms with Crippen LogP contribution in [0, 0.1) is 11.8 Å². The fraction of sp³-hybridized carbons (Fsp3) is 0.636. The Morgan fingerprint density at radius 1 is 1.00 bits per heavy atom. The smallest absolute Gasteiger partial charge is 0.335 e. The van der Waals surface area contributed by atoms with Gasteiger partial charge in [-0.3, -0.25) is 4.79 Å². The lowest BCUT2D eigenvalue weighted by Gasteiger charge is -2.12. The van der Waals surface area contributed by atoms with Crippen LogP contribution in [0.15, 0.2) is 18.2 Å². The Bertz CT molecular complexity index is 632. The Hall–Kier alpha value is -2.28. The quantitative estimate of drug-likeness (QED) is 0.382. The van der Waals surface area contributed by atoms with Gasteiger partial charge in [0, 0.05) is 31.3 Å². The highest BCUT2D eigenvalue weighted by Crippen LogP contribution is 2.22. The van der Waals surface area contributed by atoms with Gasteiger partial charge in [0.25, 0.3) is 0 Å². The first-order valence-electron chi connectivity index (χ1n) is 10.4. The Morgan fingerprint density at radius 2 is 1.72 bits per heavy atom. The minimum Gasteiger partial charge on any atom is -0.493 e. The Kier molecular flexibility index (Phi) is 11.8. The highest BCUT2D eigenvalue weighted by molar-refractivity contribution is 5.89. The molecule has 1 aromatic carbocycles. The van der Waals surface area contributed by atoms with E-state index in [1.165, 1.54) is 0 Å². The predicted molar refractivity (Wildman–Crippen MR) is 115 cm³/mol. The Balaban J connectivity index is 2.36. The predicted octanol–water partition coefficient (Wildman–Crippen LogP) is 3.79. The molecule has 1 rings (SSSR count). The first kappa shape index (κ1) is 24.8. The lowest BCUT2D eigenvalue weighted by atomic mass is 10.1. The summed E-state index contributed by atoms with van der Waals surface area (Å²) in [6, 6.07) is 4.92. The van der Waals surface area contributed by atoms with Crippen LogP contribution in [0.4, 0.5) is 5.69 Å².